The van der Waals surface area contributed by atoms with Gasteiger partial charge in [-0.25, -0.2) is 0 Å². The molecule has 0 spiro atoms. The predicted octanol–water partition coefficient (Wildman–Crippen LogP) is 1.83. The normalized spacial score (nSPS) is 33.1. The molecule has 3 heterocycles. The van der Waals surface area contributed by atoms with Gasteiger partial charge in [-0.1, -0.05) is 12.1 Å². The van der Waals surface area contributed by atoms with E-state index in [1.165, 1.54) is 12.8 Å². The lowest BCUT2D eigenvalue weighted by Gasteiger charge is -2.40. The maximum absolute atomic E-state index is 13.5. The topological polar surface area (TPSA) is 56.2 Å². The zero-order chi connectivity index (χ0) is 19.8. The van der Waals surface area contributed by atoms with Crippen molar-refractivity contribution in [2.75, 3.05) is 57.4 Å². The van der Waals surface area contributed by atoms with Gasteiger partial charge in [-0.15, -0.1) is 0 Å². The number of ether oxygens (including phenoxy) is 1. The highest BCUT2D eigenvalue weighted by Gasteiger charge is 2.45. The van der Waals surface area contributed by atoms with Crippen LogP contribution in [0.15, 0.2) is 24.3 Å². The minimum absolute atomic E-state index is 0.147. The van der Waals surface area contributed by atoms with E-state index >= 15 is 0 Å². The molecule has 1 aliphatic carbocycles. The van der Waals surface area contributed by atoms with Gasteiger partial charge in [0.05, 0.1) is 24.9 Å². The van der Waals surface area contributed by atoms with Crippen LogP contribution < -0.4 is 4.90 Å². The molecular weight excluding hydrogens is 366 g/mol. The minimum Gasteiger partial charge on any atom is -0.391 e. The number of hydrogen-bond donors (Lipinski definition) is 1. The van der Waals surface area contributed by atoms with Crippen LogP contribution in [-0.4, -0.2) is 85.4 Å². The number of aliphatic hydroxyl groups excluding tert-OH is 1. The van der Waals surface area contributed by atoms with Crippen molar-refractivity contribution in [3.05, 3.63) is 29.8 Å². The highest BCUT2D eigenvalue weighted by molar-refractivity contribution is 6.00. The number of anilines is 1. The summed E-state index contributed by atoms with van der Waals surface area (Å²) in [4.78, 5) is 20.3. The molecule has 6 nitrogen and oxygen atoms in total. The van der Waals surface area contributed by atoms with Crippen molar-refractivity contribution < 1.29 is 14.6 Å². The number of rotatable bonds is 3. The maximum atomic E-state index is 13.5. The van der Waals surface area contributed by atoms with E-state index in [1.807, 2.05) is 23.1 Å². The third kappa shape index (κ3) is 3.78. The molecule has 4 fully saturated rings. The fraction of sp³-hybridized carbons (Fsp3) is 0.696. The summed E-state index contributed by atoms with van der Waals surface area (Å²) in [5, 5.41) is 10.8. The summed E-state index contributed by atoms with van der Waals surface area (Å²) in [6, 6.07) is 8.30. The Kier molecular flexibility index (Phi) is 5.50. The lowest BCUT2D eigenvalue weighted by atomic mass is 9.77. The predicted molar refractivity (Wildman–Crippen MR) is 112 cm³/mol. The molecule has 4 atom stereocenters. The summed E-state index contributed by atoms with van der Waals surface area (Å²) >= 11 is 0. The number of carbonyl (C=O) groups excluding carboxylic acids is 1. The summed E-state index contributed by atoms with van der Waals surface area (Å²) in [7, 11) is 0. The SMILES string of the molecule is O=C(c1ccccc1N1CCOCC1)N1C[C@H]2C[C@@H](N3CCCC3)[C@H](O)C[C@H]2C1. The molecule has 158 valence electrons. The summed E-state index contributed by atoms with van der Waals surface area (Å²) in [6.07, 6.45) is 4.12. The van der Waals surface area contributed by atoms with E-state index in [2.05, 4.69) is 15.9 Å². The summed E-state index contributed by atoms with van der Waals surface area (Å²) in [6.45, 7) is 6.95. The Bertz CT molecular complexity index is 730. The smallest absolute Gasteiger partial charge is 0.255 e. The highest BCUT2D eigenvalue weighted by Crippen LogP contribution is 2.40. The van der Waals surface area contributed by atoms with Gasteiger partial charge >= 0.3 is 0 Å². The standard InChI is InChI=1S/C23H33N3O3/c27-22-14-18-16-26(15-17(18)13-21(22)24-7-3-4-8-24)23(28)19-5-1-2-6-20(19)25-9-11-29-12-10-25/h1-2,5-6,17-18,21-22,27H,3-4,7-16H2/t17-,18+,21-,22-/m1/s1. The first-order valence-electron chi connectivity index (χ1n) is 11.3. The van der Waals surface area contributed by atoms with E-state index in [0.29, 0.717) is 25.0 Å². The molecule has 1 aromatic rings. The fourth-order valence-corrected chi connectivity index (χ4v) is 5.94. The van der Waals surface area contributed by atoms with E-state index in [1.54, 1.807) is 0 Å². The van der Waals surface area contributed by atoms with Gasteiger partial charge in [-0.2, -0.15) is 0 Å². The molecule has 1 aromatic carbocycles. The fourth-order valence-electron chi connectivity index (χ4n) is 5.94. The number of morpholine rings is 1. The summed E-state index contributed by atoms with van der Waals surface area (Å²) < 4.78 is 5.48. The van der Waals surface area contributed by atoms with Gasteiger partial charge < -0.3 is 19.6 Å². The first-order valence-corrected chi connectivity index (χ1v) is 11.3. The molecule has 0 unspecified atom stereocenters. The molecule has 0 aromatic heterocycles. The Balaban J connectivity index is 1.30. The zero-order valence-corrected chi connectivity index (χ0v) is 17.2. The molecule has 29 heavy (non-hydrogen) atoms. The van der Waals surface area contributed by atoms with Crippen molar-refractivity contribution in [3.63, 3.8) is 0 Å². The number of hydrogen-bond acceptors (Lipinski definition) is 5. The minimum atomic E-state index is -0.245. The quantitative estimate of drug-likeness (QED) is 0.841. The van der Waals surface area contributed by atoms with Crippen LogP contribution in [0.4, 0.5) is 5.69 Å². The first kappa shape index (κ1) is 19.3. The Morgan fingerprint density at radius 3 is 2.41 bits per heavy atom. The molecule has 3 saturated heterocycles. The molecular formula is C23H33N3O3. The van der Waals surface area contributed by atoms with Crippen molar-refractivity contribution in [1.82, 2.24) is 9.80 Å². The van der Waals surface area contributed by atoms with E-state index in [-0.39, 0.29) is 18.1 Å². The van der Waals surface area contributed by atoms with E-state index in [9.17, 15) is 9.90 Å². The third-order valence-electron chi connectivity index (χ3n) is 7.49. The highest BCUT2D eigenvalue weighted by atomic mass is 16.5. The third-order valence-corrected chi connectivity index (χ3v) is 7.49. The molecule has 1 N–H and O–H groups in total. The molecule has 0 bridgehead atoms. The van der Waals surface area contributed by atoms with Crippen LogP contribution in [0.3, 0.4) is 0 Å². The molecule has 1 saturated carbocycles. The van der Waals surface area contributed by atoms with E-state index in [0.717, 1.165) is 63.4 Å². The van der Waals surface area contributed by atoms with Gasteiger partial charge in [0.1, 0.15) is 0 Å². The molecule has 1 amide bonds. The average Bonchev–Trinajstić information content (AvgIpc) is 3.43. The van der Waals surface area contributed by atoms with Crippen molar-refractivity contribution in [1.29, 1.82) is 0 Å². The van der Waals surface area contributed by atoms with Crippen molar-refractivity contribution in [2.45, 2.75) is 37.8 Å². The Morgan fingerprint density at radius 2 is 1.66 bits per heavy atom. The molecule has 0 radical (unpaired) electrons. The van der Waals surface area contributed by atoms with Crippen LogP contribution in [-0.2, 0) is 4.74 Å². The van der Waals surface area contributed by atoms with Crippen LogP contribution in [0.5, 0.6) is 0 Å². The van der Waals surface area contributed by atoms with Gasteiger partial charge in [-0.05, 0) is 62.7 Å². The average molecular weight is 400 g/mol. The molecule has 4 aliphatic rings. The number of fused-ring (bicyclic) bond motifs is 1. The van der Waals surface area contributed by atoms with Gasteiger partial charge in [-0.3, -0.25) is 9.69 Å². The van der Waals surface area contributed by atoms with Crippen molar-refractivity contribution in [2.24, 2.45) is 11.8 Å². The zero-order valence-electron chi connectivity index (χ0n) is 17.2. The maximum Gasteiger partial charge on any atom is 0.255 e. The van der Waals surface area contributed by atoms with Crippen LogP contribution in [0.1, 0.15) is 36.0 Å². The largest absolute Gasteiger partial charge is 0.391 e. The van der Waals surface area contributed by atoms with Crippen LogP contribution in [0, 0.1) is 11.8 Å². The number of amides is 1. The van der Waals surface area contributed by atoms with Gasteiger partial charge in [0.25, 0.3) is 5.91 Å². The molecule has 6 heteroatoms. The Morgan fingerprint density at radius 1 is 0.966 bits per heavy atom. The van der Waals surface area contributed by atoms with Crippen LogP contribution in [0.25, 0.3) is 0 Å². The van der Waals surface area contributed by atoms with Gasteiger partial charge in [0.2, 0.25) is 0 Å². The second-order valence-corrected chi connectivity index (χ2v) is 9.20. The summed E-state index contributed by atoms with van der Waals surface area (Å²) in [5.74, 6) is 1.10. The van der Waals surface area contributed by atoms with Gasteiger partial charge in [0, 0.05) is 37.9 Å². The van der Waals surface area contributed by atoms with Crippen molar-refractivity contribution in [3.8, 4) is 0 Å². The van der Waals surface area contributed by atoms with Crippen molar-refractivity contribution >= 4 is 11.6 Å². The monoisotopic (exact) mass is 399 g/mol. The number of aliphatic hydroxyl groups is 1. The lowest BCUT2D eigenvalue weighted by molar-refractivity contribution is -0.000864. The van der Waals surface area contributed by atoms with E-state index in [4.69, 9.17) is 4.74 Å². The van der Waals surface area contributed by atoms with Gasteiger partial charge in [0.15, 0.2) is 0 Å². The lowest BCUT2D eigenvalue weighted by Crippen LogP contribution is -2.48. The number of nitrogens with zero attached hydrogens (tertiary/aromatic N) is 3. The molecule has 3 aliphatic heterocycles. The number of para-hydroxylation sites is 1. The summed E-state index contributed by atoms with van der Waals surface area (Å²) in [5.41, 5.74) is 1.84. The number of benzene rings is 1. The van der Waals surface area contributed by atoms with E-state index < -0.39 is 0 Å². The second kappa shape index (κ2) is 8.25. The Hall–Kier alpha value is -1.63. The van der Waals surface area contributed by atoms with Crippen LogP contribution >= 0.6 is 0 Å². The first-order chi connectivity index (χ1) is 14.2. The number of likely N-dealkylation sites (tertiary alicyclic amines) is 2. The molecule has 5 rings (SSSR count). The van der Waals surface area contributed by atoms with Crippen LogP contribution in [0.2, 0.25) is 0 Å². The second-order valence-electron chi connectivity index (χ2n) is 9.20. The number of carbonyl (C=O) groups is 1. The Labute approximate surface area is 173 Å².